The van der Waals surface area contributed by atoms with Crippen LogP contribution in [0.4, 0.5) is 0 Å². The van der Waals surface area contributed by atoms with Gasteiger partial charge in [-0.15, -0.1) is 0 Å². The number of carbonyl (C=O) groups is 2. The molecule has 1 aromatic carbocycles. The highest BCUT2D eigenvalue weighted by atomic mass is 16.5. The summed E-state index contributed by atoms with van der Waals surface area (Å²) in [5, 5.41) is 11.5. The van der Waals surface area contributed by atoms with E-state index in [4.69, 9.17) is 9.84 Å². The highest BCUT2D eigenvalue weighted by Gasteiger charge is 2.16. The molecule has 0 heterocycles. The number of hydrogen-bond acceptors (Lipinski definition) is 3. The molecule has 0 aliphatic heterocycles. The minimum atomic E-state index is -0.900. The first-order valence-corrected chi connectivity index (χ1v) is 6.63. The molecule has 1 atom stereocenters. The number of hydrogen-bond donors (Lipinski definition) is 2. The number of nitrogens with one attached hydrogen (secondary N) is 1. The van der Waals surface area contributed by atoms with Crippen LogP contribution in [0.3, 0.4) is 0 Å². The van der Waals surface area contributed by atoms with Crippen molar-refractivity contribution < 1.29 is 19.4 Å². The summed E-state index contributed by atoms with van der Waals surface area (Å²) in [5.41, 5.74) is 2.02. The van der Waals surface area contributed by atoms with Gasteiger partial charge in [0, 0.05) is 6.54 Å². The molecule has 5 nitrogen and oxygen atoms in total. The van der Waals surface area contributed by atoms with Crippen molar-refractivity contribution in [3.05, 3.63) is 29.3 Å². The van der Waals surface area contributed by atoms with Crippen LogP contribution >= 0.6 is 0 Å². The summed E-state index contributed by atoms with van der Waals surface area (Å²) in [7, 11) is 0. The van der Waals surface area contributed by atoms with E-state index < -0.39 is 11.9 Å². The van der Waals surface area contributed by atoms with Crippen molar-refractivity contribution >= 4 is 11.9 Å². The van der Waals surface area contributed by atoms with Gasteiger partial charge >= 0.3 is 5.97 Å². The lowest BCUT2D eigenvalue weighted by atomic mass is 10.1. The second-order valence-corrected chi connectivity index (χ2v) is 4.81. The molecule has 20 heavy (non-hydrogen) atoms. The Morgan fingerprint density at radius 1 is 1.35 bits per heavy atom. The van der Waals surface area contributed by atoms with Gasteiger partial charge in [-0.2, -0.15) is 0 Å². The lowest BCUT2D eigenvalue weighted by Gasteiger charge is -2.12. The van der Waals surface area contributed by atoms with Gasteiger partial charge in [0.25, 0.3) is 5.91 Å². The van der Waals surface area contributed by atoms with Crippen LogP contribution in [0, 0.1) is 19.8 Å². The molecule has 0 spiro atoms. The molecule has 0 aliphatic rings. The second kappa shape index (κ2) is 7.53. The maximum Gasteiger partial charge on any atom is 0.308 e. The fourth-order valence-corrected chi connectivity index (χ4v) is 1.70. The zero-order valence-electron chi connectivity index (χ0n) is 12.1. The molecule has 5 heteroatoms. The van der Waals surface area contributed by atoms with E-state index >= 15 is 0 Å². The Labute approximate surface area is 118 Å². The average Bonchev–Trinajstić information content (AvgIpc) is 2.40. The van der Waals surface area contributed by atoms with Crippen molar-refractivity contribution in [3.63, 3.8) is 0 Å². The summed E-state index contributed by atoms with van der Waals surface area (Å²) < 4.78 is 5.45. The molecule has 0 radical (unpaired) electrons. The number of rotatable bonds is 7. The van der Waals surface area contributed by atoms with Gasteiger partial charge in [-0.25, -0.2) is 0 Å². The van der Waals surface area contributed by atoms with Crippen LogP contribution in [0.5, 0.6) is 5.75 Å². The Kier molecular flexibility index (Phi) is 6.03. The molecule has 0 fully saturated rings. The normalized spacial score (nSPS) is 11.8. The molecule has 1 rings (SSSR count). The number of benzene rings is 1. The van der Waals surface area contributed by atoms with E-state index in [2.05, 4.69) is 5.32 Å². The van der Waals surface area contributed by atoms with Crippen molar-refractivity contribution in [2.24, 2.45) is 5.92 Å². The molecule has 0 aromatic heterocycles. The predicted molar refractivity (Wildman–Crippen MR) is 75.8 cm³/mol. The molecule has 0 aliphatic carbocycles. The lowest BCUT2D eigenvalue weighted by molar-refractivity contribution is -0.141. The van der Waals surface area contributed by atoms with Gasteiger partial charge in [-0.1, -0.05) is 19.1 Å². The van der Waals surface area contributed by atoms with Crippen molar-refractivity contribution in [1.82, 2.24) is 5.32 Å². The van der Waals surface area contributed by atoms with Gasteiger partial charge in [0.15, 0.2) is 6.61 Å². The molecular weight excluding hydrogens is 258 g/mol. The van der Waals surface area contributed by atoms with Crippen LogP contribution in [0.25, 0.3) is 0 Å². The quantitative estimate of drug-likeness (QED) is 0.799. The number of aryl methyl sites for hydroxylation is 2. The van der Waals surface area contributed by atoms with Crippen molar-refractivity contribution in [2.75, 3.05) is 13.2 Å². The fourth-order valence-electron chi connectivity index (χ4n) is 1.70. The van der Waals surface area contributed by atoms with E-state index in [-0.39, 0.29) is 19.1 Å². The molecule has 0 bridgehead atoms. The Morgan fingerprint density at radius 3 is 2.65 bits per heavy atom. The average molecular weight is 279 g/mol. The number of carboxylic acid groups (broad SMARTS) is 1. The van der Waals surface area contributed by atoms with Crippen LogP contribution < -0.4 is 10.1 Å². The summed E-state index contributed by atoms with van der Waals surface area (Å²) in [5.74, 6) is -1.10. The van der Waals surface area contributed by atoms with Crippen LogP contribution in [-0.4, -0.2) is 30.1 Å². The number of carboxylic acids is 1. The second-order valence-electron chi connectivity index (χ2n) is 4.81. The topological polar surface area (TPSA) is 75.6 Å². The van der Waals surface area contributed by atoms with E-state index in [9.17, 15) is 9.59 Å². The molecule has 1 aromatic rings. The van der Waals surface area contributed by atoms with Crippen LogP contribution in [0.1, 0.15) is 24.5 Å². The zero-order valence-corrected chi connectivity index (χ0v) is 12.1. The standard InChI is InChI=1S/C15H21NO4/c1-4-12(15(18)19)8-16-14(17)9-20-13-7-10(2)5-6-11(13)3/h5-7,12H,4,8-9H2,1-3H3,(H,16,17)(H,18,19). The smallest absolute Gasteiger partial charge is 0.308 e. The molecule has 1 unspecified atom stereocenters. The monoisotopic (exact) mass is 279 g/mol. The van der Waals surface area contributed by atoms with E-state index in [1.54, 1.807) is 6.92 Å². The summed E-state index contributed by atoms with van der Waals surface area (Å²) >= 11 is 0. The van der Waals surface area contributed by atoms with Crippen LogP contribution in [-0.2, 0) is 9.59 Å². The van der Waals surface area contributed by atoms with Crippen molar-refractivity contribution in [2.45, 2.75) is 27.2 Å². The molecular formula is C15H21NO4. The number of amides is 1. The van der Waals surface area contributed by atoms with E-state index in [0.717, 1.165) is 11.1 Å². The predicted octanol–water partition coefficient (Wildman–Crippen LogP) is 1.91. The number of aliphatic carboxylic acids is 1. The zero-order chi connectivity index (χ0) is 15.1. The van der Waals surface area contributed by atoms with E-state index in [1.165, 1.54) is 0 Å². The van der Waals surface area contributed by atoms with Crippen LogP contribution in [0.15, 0.2) is 18.2 Å². The maximum absolute atomic E-state index is 11.6. The van der Waals surface area contributed by atoms with Gasteiger partial charge in [0.05, 0.1) is 5.92 Å². The minimum Gasteiger partial charge on any atom is -0.483 e. The Hall–Kier alpha value is -2.04. The third kappa shape index (κ3) is 4.91. The molecule has 0 saturated carbocycles. The SMILES string of the molecule is CCC(CNC(=O)COc1cc(C)ccc1C)C(=O)O. The van der Waals surface area contributed by atoms with Gasteiger partial charge in [0.1, 0.15) is 5.75 Å². The van der Waals surface area contributed by atoms with E-state index in [0.29, 0.717) is 12.2 Å². The highest BCUT2D eigenvalue weighted by molar-refractivity contribution is 5.78. The number of ether oxygens (including phenoxy) is 1. The summed E-state index contributed by atoms with van der Waals surface area (Å²) in [4.78, 5) is 22.4. The first-order chi connectivity index (χ1) is 9.43. The molecule has 110 valence electrons. The third-order valence-corrected chi connectivity index (χ3v) is 3.09. The number of carbonyl (C=O) groups excluding carboxylic acids is 1. The van der Waals surface area contributed by atoms with Gasteiger partial charge in [-0.05, 0) is 37.5 Å². The first-order valence-electron chi connectivity index (χ1n) is 6.63. The molecule has 1 amide bonds. The van der Waals surface area contributed by atoms with Gasteiger partial charge < -0.3 is 15.2 Å². The van der Waals surface area contributed by atoms with E-state index in [1.807, 2.05) is 32.0 Å². The fraction of sp³-hybridized carbons (Fsp3) is 0.467. The van der Waals surface area contributed by atoms with Gasteiger partial charge in [0.2, 0.25) is 0 Å². The Morgan fingerprint density at radius 2 is 2.05 bits per heavy atom. The van der Waals surface area contributed by atoms with Crippen LogP contribution in [0.2, 0.25) is 0 Å². The summed E-state index contributed by atoms with van der Waals surface area (Å²) in [6.07, 6.45) is 0.480. The molecule has 0 saturated heterocycles. The van der Waals surface area contributed by atoms with Crippen molar-refractivity contribution in [3.8, 4) is 5.75 Å². The third-order valence-electron chi connectivity index (χ3n) is 3.09. The minimum absolute atomic E-state index is 0.111. The van der Waals surface area contributed by atoms with Crippen molar-refractivity contribution in [1.29, 1.82) is 0 Å². The lowest BCUT2D eigenvalue weighted by Crippen LogP contribution is -2.35. The molecule has 2 N–H and O–H groups in total. The Balaban J connectivity index is 2.43. The highest BCUT2D eigenvalue weighted by Crippen LogP contribution is 2.18. The van der Waals surface area contributed by atoms with Gasteiger partial charge in [-0.3, -0.25) is 9.59 Å². The largest absolute Gasteiger partial charge is 0.483 e. The Bertz CT molecular complexity index is 485. The summed E-state index contributed by atoms with van der Waals surface area (Å²) in [6.45, 7) is 5.65. The first kappa shape index (κ1) is 16.0. The summed E-state index contributed by atoms with van der Waals surface area (Å²) in [6, 6.07) is 5.77. The maximum atomic E-state index is 11.6.